The summed E-state index contributed by atoms with van der Waals surface area (Å²) >= 11 is 0. The molecule has 2 aromatic rings. The fraction of sp³-hybridized carbons (Fsp3) is 0.0909. The van der Waals surface area contributed by atoms with Crippen LogP contribution in [0.25, 0.3) is 11.3 Å². The van der Waals surface area contributed by atoms with Gasteiger partial charge in [0.05, 0.1) is 12.8 Å². The number of benzene rings is 1. The van der Waals surface area contributed by atoms with E-state index in [1.54, 1.807) is 6.07 Å². The maximum Gasteiger partial charge on any atom is 0.358 e. The molecule has 0 saturated carbocycles. The quantitative estimate of drug-likeness (QED) is 0.707. The minimum Gasteiger partial charge on any atom is -0.464 e. The molecule has 0 unspecified atom stereocenters. The van der Waals surface area contributed by atoms with Crippen molar-refractivity contribution in [2.24, 2.45) is 0 Å². The van der Waals surface area contributed by atoms with E-state index in [9.17, 15) is 4.79 Å². The molecule has 0 spiro atoms. The molecule has 0 aliphatic heterocycles. The Morgan fingerprint density at radius 3 is 2.62 bits per heavy atom. The number of carbonyl (C=O) groups excluding carboxylic acids is 1. The molecule has 0 bridgehead atoms. The Morgan fingerprint density at radius 2 is 1.94 bits per heavy atom. The highest BCUT2D eigenvalue weighted by Crippen LogP contribution is 2.15. The SMILES string of the molecule is COC(=O)c1cc(-c2ccccc2)nnn1. The van der Waals surface area contributed by atoms with Gasteiger partial charge >= 0.3 is 5.97 Å². The molecule has 1 heterocycles. The number of carbonyl (C=O) groups is 1. The summed E-state index contributed by atoms with van der Waals surface area (Å²) in [6.45, 7) is 0. The first kappa shape index (κ1) is 10.2. The highest BCUT2D eigenvalue weighted by molar-refractivity contribution is 5.88. The van der Waals surface area contributed by atoms with E-state index in [1.807, 2.05) is 30.3 Å². The van der Waals surface area contributed by atoms with E-state index in [-0.39, 0.29) is 5.69 Å². The zero-order valence-electron chi connectivity index (χ0n) is 8.62. The van der Waals surface area contributed by atoms with E-state index < -0.39 is 5.97 Å². The monoisotopic (exact) mass is 215 g/mol. The van der Waals surface area contributed by atoms with Crippen molar-refractivity contribution in [1.29, 1.82) is 0 Å². The van der Waals surface area contributed by atoms with Crippen LogP contribution in [0.3, 0.4) is 0 Å². The first-order chi connectivity index (χ1) is 7.81. The molecule has 0 aliphatic rings. The smallest absolute Gasteiger partial charge is 0.358 e. The maximum absolute atomic E-state index is 11.2. The minimum atomic E-state index is -0.521. The van der Waals surface area contributed by atoms with Crippen LogP contribution in [0.4, 0.5) is 0 Å². The summed E-state index contributed by atoms with van der Waals surface area (Å²) in [5, 5.41) is 11.0. The molecule has 5 heteroatoms. The number of aromatic nitrogens is 3. The molecule has 0 fully saturated rings. The molecule has 0 amide bonds. The van der Waals surface area contributed by atoms with E-state index in [0.717, 1.165) is 5.56 Å². The normalized spacial score (nSPS) is 9.81. The third-order valence-electron chi connectivity index (χ3n) is 2.04. The van der Waals surface area contributed by atoms with Gasteiger partial charge in [-0.15, -0.1) is 10.2 Å². The fourth-order valence-corrected chi connectivity index (χ4v) is 1.26. The fourth-order valence-electron chi connectivity index (χ4n) is 1.26. The van der Waals surface area contributed by atoms with Crippen LogP contribution >= 0.6 is 0 Å². The Balaban J connectivity index is 2.40. The summed E-state index contributed by atoms with van der Waals surface area (Å²) in [6.07, 6.45) is 0. The lowest BCUT2D eigenvalue weighted by Crippen LogP contribution is -2.07. The van der Waals surface area contributed by atoms with Gasteiger partial charge in [-0.3, -0.25) is 0 Å². The van der Waals surface area contributed by atoms with E-state index in [2.05, 4.69) is 20.1 Å². The van der Waals surface area contributed by atoms with Crippen molar-refractivity contribution in [3.8, 4) is 11.3 Å². The zero-order valence-corrected chi connectivity index (χ0v) is 8.62. The van der Waals surface area contributed by atoms with Crippen LogP contribution in [0.15, 0.2) is 36.4 Å². The summed E-state index contributed by atoms with van der Waals surface area (Å²) in [4.78, 5) is 11.2. The van der Waals surface area contributed by atoms with Crippen molar-refractivity contribution in [2.45, 2.75) is 0 Å². The third kappa shape index (κ3) is 2.03. The second-order valence-electron chi connectivity index (χ2n) is 3.06. The molecule has 0 saturated heterocycles. The molecular formula is C11H9N3O2. The van der Waals surface area contributed by atoms with Gasteiger partial charge in [0.1, 0.15) is 0 Å². The summed E-state index contributed by atoms with van der Waals surface area (Å²) < 4.78 is 4.56. The Morgan fingerprint density at radius 1 is 1.19 bits per heavy atom. The van der Waals surface area contributed by atoms with Gasteiger partial charge in [-0.1, -0.05) is 30.3 Å². The summed E-state index contributed by atoms with van der Waals surface area (Å²) in [5.41, 5.74) is 1.62. The Bertz CT molecular complexity index is 500. The second kappa shape index (κ2) is 4.48. The lowest BCUT2D eigenvalue weighted by atomic mass is 10.1. The highest BCUT2D eigenvalue weighted by Gasteiger charge is 2.10. The summed E-state index contributed by atoms with van der Waals surface area (Å²) in [7, 11) is 1.30. The third-order valence-corrected chi connectivity index (χ3v) is 2.04. The van der Waals surface area contributed by atoms with Crippen molar-refractivity contribution >= 4 is 5.97 Å². The van der Waals surface area contributed by atoms with Crippen molar-refractivity contribution in [1.82, 2.24) is 15.4 Å². The van der Waals surface area contributed by atoms with Gasteiger partial charge in [0.25, 0.3) is 0 Å². The molecule has 0 aliphatic carbocycles. The minimum absolute atomic E-state index is 0.149. The van der Waals surface area contributed by atoms with E-state index in [0.29, 0.717) is 5.69 Å². The number of hydrogen-bond donors (Lipinski definition) is 0. The van der Waals surface area contributed by atoms with Crippen LogP contribution in [0.2, 0.25) is 0 Å². The maximum atomic E-state index is 11.2. The van der Waals surface area contributed by atoms with Gasteiger partial charge in [-0.05, 0) is 5.21 Å². The van der Waals surface area contributed by atoms with E-state index >= 15 is 0 Å². The molecule has 2 rings (SSSR count). The molecule has 80 valence electrons. The lowest BCUT2D eigenvalue weighted by molar-refractivity contribution is 0.0592. The Labute approximate surface area is 92.1 Å². The van der Waals surface area contributed by atoms with E-state index in [4.69, 9.17) is 0 Å². The lowest BCUT2D eigenvalue weighted by Gasteiger charge is -2.00. The van der Waals surface area contributed by atoms with Crippen molar-refractivity contribution in [3.63, 3.8) is 0 Å². The van der Waals surface area contributed by atoms with Gasteiger partial charge < -0.3 is 4.74 Å². The van der Waals surface area contributed by atoms with Crippen LogP contribution in [0.1, 0.15) is 10.5 Å². The van der Waals surface area contributed by atoms with E-state index in [1.165, 1.54) is 7.11 Å². The van der Waals surface area contributed by atoms with Gasteiger partial charge in [0, 0.05) is 11.6 Å². The molecule has 0 atom stereocenters. The number of rotatable bonds is 2. The van der Waals surface area contributed by atoms with Crippen molar-refractivity contribution in [3.05, 3.63) is 42.1 Å². The standard InChI is InChI=1S/C11H9N3O2/c1-16-11(15)10-7-9(12-14-13-10)8-5-3-2-4-6-8/h2-7H,1H3. The number of hydrogen-bond acceptors (Lipinski definition) is 5. The summed E-state index contributed by atoms with van der Waals surface area (Å²) in [5.74, 6) is -0.521. The van der Waals surface area contributed by atoms with Crippen molar-refractivity contribution in [2.75, 3.05) is 7.11 Å². The van der Waals surface area contributed by atoms with Crippen LogP contribution < -0.4 is 0 Å². The predicted octanol–water partition coefficient (Wildman–Crippen LogP) is 1.33. The van der Waals surface area contributed by atoms with Crippen LogP contribution in [-0.2, 0) is 4.74 Å². The number of methoxy groups -OCH3 is 1. The molecule has 1 aromatic carbocycles. The highest BCUT2D eigenvalue weighted by atomic mass is 16.5. The average molecular weight is 215 g/mol. The van der Waals surface area contributed by atoms with Crippen molar-refractivity contribution < 1.29 is 9.53 Å². The van der Waals surface area contributed by atoms with Crippen LogP contribution in [0, 0.1) is 0 Å². The number of ether oxygens (including phenoxy) is 1. The molecular weight excluding hydrogens is 206 g/mol. The number of nitrogens with zero attached hydrogens (tertiary/aromatic N) is 3. The second-order valence-corrected chi connectivity index (χ2v) is 3.06. The van der Waals surface area contributed by atoms with Crippen LogP contribution in [0.5, 0.6) is 0 Å². The zero-order chi connectivity index (χ0) is 11.4. The molecule has 1 aromatic heterocycles. The predicted molar refractivity (Wildman–Crippen MR) is 56.6 cm³/mol. The van der Waals surface area contributed by atoms with Crippen LogP contribution in [-0.4, -0.2) is 28.5 Å². The summed E-state index contributed by atoms with van der Waals surface area (Å²) in [6, 6.07) is 11.0. The van der Waals surface area contributed by atoms with Gasteiger partial charge in [0.2, 0.25) is 0 Å². The van der Waals surface area contributed by atoms with Gasteiger partial charge in [-0.2, -0.15) is 0 Å². The average Bonchev–Trinajstić information content (AvgIpc) is 2.39. The molecule has 16 heavy (non-hydrogen) atoms. The first-order valence-corrected chi connectivity index (χ1v) is 4.65. The molecule has 0 N–H and O–H groups in total. The Hall–Kier alpha value is -2.30. The molecule has 0 radical (unpaired) electrons. The largest absolute Gasteiger partial charge is 0.464 e. The number of esters is 1. The Kier molecular flexibility index (Phi) is 2.86. The first-order valence-electron chi connectivity index (χ1n) is 4.65. The molecule has 5 nitrogen and oxygen atoms in total. The van der Waals surface area contributed by atoms with Gasteiger partial charge in [-0.25, -0.2) is 4.79 Å². The topological polar surface area (TPSA) is 65.0 Å². The van der Waals surface area contributed by atoms with Gasteiger partial charge in [0.15, 0.2) is 5.69 Å².